The van der Waals surface area contributed by atoms with Gasteiger partial charge in [-0.1, -0.05) is 17.2 Å². The van der Waals surface area contributed by atoms with E-state index in [1.165, 1.54) is 17.5 Å². The highest BCUT2D eigenvalue weighted by molar-refractivity contribution is 7.16. The van der Waals surface area contributed by atoms with Gasteiger partial charge in [0.25, 0.3) is 5.91 Å². The van der Waals surface area contributed by atoms with Crippen molar-refractivity contribution >= 4 is 23.2 Å². The number of nitrogens with one attached hydrogen (secondary N) is 2. The van der Waals surface area contributed by atoms with Crippen LogP contribution in [-0.4, -0.2) is 45.6 Å². The van der Waals surface area contributed by atoms with Crippen LogP contribution in [0.2, 0.25) is 0 Å². The first-order valence-corrected chi connectivity index (χ1v) is 9.47. The van der Waals surface area contributed by atoms with Crippen molar-refractivity contribution in [2.45, 2.75) is 12.5 Å². The van der Waals surface area contributed by atoms with Crippen molar-refractivity contribution in [3.63, 3.8) is 0 Å². The SMILES string of the molecule is CNc1nccc(-c2ncc(C(=O)N[C@H](CN=[N+]=[N-])Cc3ccc(O)cc3)s2)n1. The predicted molar refractivity (Wildman–Crippen MR) is 110 cm³/mol. The lowest BCUT2D eigenvalue weighted by Gasteiger charge is -2.16. The summed E-state index contributed by atoms with van der Waals surface area (Å²) in [4.78, 5) is 28.5. The molecule has 3 N–H and O–H groups in total. The number of benzene rings is 1. The fraction of sp³-hybridized carbons (Fsp3) is 0.222. The van der Waals surface area contributed by atoms with Crippen molar-refractivity contribution in [1.29, 1.82) is 0 Å². The van der Waals surface area contributed by atoms with Gasteiger partial charge in [-0.3, -0.25) is 4.79 Å². The van der Waals surface area contributed by atoms with Gasteiger partial charge in [-0.05, 0) is 35.7 Å². The summed E-state index contributed by atoms with van der Waals surface area (Å²) in [5.74, 6) is 0.313. The number of anilines is 1. The molecular weight excluding hydrogens is 392 g/mol. The van der Waals surface area contributed by atoms with Crippen LogP contribution in [0.15, 0.2) is 47.8 Å². The summed E-state index contributed by atoms with van der Waals surface area (Å²) in [6, 6.07) is 7.96. The molecule has 0 aliphatic rings. The van der Waals surface area contributed by atoms with Gasteiger partial charge in [0.1, 0.15) is 21.3 Å². The van der Waals surface area contributed by atoms with E-state index in [0.29, 0.717) is 27.9 Å². The summed E-state index contributed by atoms with van der Waals surface area (Å²) in [5.41, 5.74) is 10.1. The van der Waals surface area contributed by atoms with E-state index in [4.69, 9.17) is 5.53 Å². The maximum Gasteiger partial charge on any atom is 0.263 e. The second-order valence-corrected chi connectivity index (χ2v) is 7.03. The van der Waals surface area contributed by atoms with Crippen LogP contribution < -0.4 is 10.6 Å². The molecule has 148 valence electrons. The monoisotopic (exact) mass is 410 g/mol. The van der Waals surface area contributed by atoms with Gasteiger partial charge in [0, 0.05) is 30.7 Å². The molecule has 0 saturated heterocycles. The first kappa shape index (κ1) is 20.1. The Balaban J connectivity index is 1.72. The van der Waals surface area contributed by atoms with Gasteiger partial charge in [-0.25, -0.2) is 15.0 Å². The number of phenols is 1. The Morgan fingerprint density at radius 3 is 2.83 bits per heavy atom. The Hall–Kier alpha value is -3.69. The minimum atomic E-state index is -0.400. The highest BCUT2D eigenvalue weighted by Crippen LogP contribution is 2.24. The van der Waals surface area contributed by atoms with Crippen molar-refractivity contribution in [2.75, 3.05) is 18.9 Å². The number of hydrogen-bond donors (Lipinski definition) is 3. The molecule has 0 radical (unpaired) electrons. The Labute approximate surface area is 170 Å². The Morgan fingerprint density at radius 1 is 1.31 bits per heavy atom. The molecule has 0 unspecified atom stereocenters. The zero-order valence-electron chi connectivity index (χ0n) is 15.5. The molecular formula is C18H18N8O2S. The van der Waals surface area contributed by atoms with Gasteiger partial charge in [-0.2, -0.15) is 0 Å². The third-order valence-corrected chi connectivity index (χ3v) is 4.97. The van der Waals surface area contributed by atoms with E-state index in [-0.39, 0.29) is 18.2 Å². The number of thiazole rings is 1. The molecule has 0 aliphatic carbocycles. The molecule has 3 aromatic rings. The number of phenolic OH excluding ortho intramolecular Hbond substituents is 1. The second-order valence-electron chi connectivity index (χ2n) is 6.00. The number of rotatable bonds is 8. The van der Waals surface area contributed by atoms with E-state index < -0.39 is 6.04 Å². The van der Waals surface area contributed by atoms with Crippen molar-refractivity contribution in [1.82, 2.24) is 20.3 Å². The molecule has 3 rings (SSSR count). The molecule has 29 heavy (non-hydrogen) atoms. The number of aromatic hydroxyl groups is 1. The van der Waals surface area contributed by atoms with Gasteiger partial charge < -0.3 is 15.7 Å². The number of azide groups is 1. The molecule has 0 fully saturated rings. The second kappa shape index (κ2) is 9.49. The number of nitrogens with zero attached hydrogens (tertiary/aromatic N) is 6. The van der Waals surface area contributed by atoms with E-state index in [2.05, 4.69) is 35.6 Å². The van der Waals surface area contributed by atoms with Crippen LogP contribution in [0.5, 0.6) is 5.75 Å². The maximum atomic E-state index is 12.7. The average molecular weight is 410 g/mol. The van der Waals surface area contributed by atoms with E-state index >= 15 is 0 Å². The molecule has 1 amide bonds. The van der Waals surface area contributed by atoms with Crippen LogP contribution in [0.3, 0.4) is 0 Å². The lowest BCUT2D eigenvalue weighted by atomic mass is 10.1. The van der Waals surface area contributed by atoms with Crippen molar-refractivity contribution in [3.8, 4) is 16.5 Å². The Kier molecular flexibility index (Phi) is 6.56. The largest absolute Gasteiger partial charge is 0.508 e. The van der Waals surface area contributed by atoms with Crippen LogP contribution in [0.25, 0.3) is 21.1 Å². The van der Waals surface area contributed by atoms with Crippen LogP contribution in [-0.2, 0) is 6.42 Å². The Morgan fingerprint density at radius 2 is 2.10 bits per heavy atom. The molecule has 2 aromatic heterocycles. The summed E-state index contributed by atoms with van der Waals surface area (Å²) in [6.07, 6.45) is 3.55. The molecule has 11 heteroatoms. The topological polar surface area (TPSA) is 149 Å². The highest BCUT2D eigenvalue weighted by Gasteiger charge is 2.17. The molecule has 0 aliphatic heterocycles. The van der Waals surface area contributed by atoms with Gasteiger partial charge in [-0.15, -0.1) is 11.3 Å². The highest BCUT2D eigenvalue weighted by atomic mass is 32.1. The van der Waals surface area contributed by atoms with Crippen molar-refractivity contribution < 1.29 is 9.90 Å². The molecule has 2 heterocycles. The fourth-order valence-electron chi connectivity index (χ4n) is 2.57. The third-order valence-electron chi connectivity index (χ3n) is 3.95. The summed E-state index contributed by atoms with van der Waals surface area (Å²) in [6.45, 7) is 0.103. The summed E-state index contributed by atoms with van der Waals surface area (Å²) in [7, 11) is 1.72. The zero-order valence-corrected chi connectivity index (χ0v) is 16.3. The Bertz CT molecular complexity index is 1030. The number of aromatic nitrogens is 3. The zero-order chi connectivity index (χ0) is 20.6. The maximum absolute atomic E-state index is 12.7. The quantitative estimate of drug-likeness (QED) is 0.295. The number of hydrogen-bond acceptors (Lipinski definition) is 8. The van der Waals surface area contributed by atoms with Crippen molar-refractivity contribution in [2.24, 2.45) is 5.11 Å². The number of carbonyl (C=O) groups excluding carboxylic acids is 1. The van der Waals surface area contributed by atoms with Crippen LogP contribution in [0.1, 0.15) is 15.2 Å². The molecule has 0 spiro atoms. The molecule has 0 bridgehead atoms. The summed E-state index contributed by atoms with van der Waals surface area (Å²) >= 11 is 1.21. The average Bonchev–Trinajstić information content (AvgIpc) is 3.24. The summed E-state index contributed by atoms with van der Waals surface area (Å²) in [5, 5.41) is 19.3. The fourth-order valence-corrected chi connectivity index (χ4v) is 3.35. The third kappa shape index (κ3) is 5.41. The molecule has 0 saturated carbocycles. The van der Waals surface area contributed by atoms with Gasteiger partial charge in [0.2, 0.25) is 5.95 Å². The lowest BCUT2D eigenvalue weighted by molar-refractivity contribution is 0.0942. The molecule has 1 atom stereocenters. The normalized spacial score (nSPS) is 11.3. The smallest absolute Gasteiger partial charge is 0.263 e. The van der Waals surface area contributed by atoms with Crippen LogP contribution >= 0.6 is 11.3 Å². The minimum Gasteiger partial charge on any atom is -0.508 e. The molecule has 10 nitrogen and oxygen atoms in total. The van der Waals surface area contributed by atoms with Gasteiger partial charge in [0.15, 0.2) is 0 Å². The minimum absolute atomic E-state index is 0.103. The molecule has 1 aromatic carbocycles. The van der Waals surface area contributed by atoms with E-state index in [1.807, 2.05) is 0 Å². The van der Waals surface area contributed by atoms with Crippen LogP contribution in [0.4, 0.5) is 5.95 Å². The van der Waals surface area contributed by atoms with Crippen LogP contribution in [0, 0.1) is 0 Å². The van der Waals surface area contributed by atoms with Gasteiger partial charge in [0.05, 0.1) is 6.20 Å². The first-order chi connectivity index (χ1) is 14.1. The number of amides is 1. The van der Waals surface area contributed by atoms with E-state index in [1.54, 1.807) is 43.6 Å². The van der Waals surface area contributed by atoms with E-state index in [0.717, 1.165) is 5.56 Å². The van der Waals surface area contributed by atoms with Gasteiger partial charge >= 0.3 is 0 Å². The number of carbonyl (C=O) groups is 1. The van der Waals surface area contributed by atoms with E-state index in [9.17, 15) is 9.90 Å². The standard InChI is InChI=1S/C18H18N8O2S/c1-20-18-21-7-6-14(25-18)17-22-10-15(29-17)16(28)24-12(9-23-26-19)8-11-2-4-13(27)5-3-11/h2-7,10,12,27H,8-9H2,1H3,(H,24,28)(H,20,21,25)/t12-/m0/s1. The summed E-state index contributed by atoms with van der Waals surface area (Å²) < 4.78 is 0. The lowest BCUT2D eigenvalue weighted by Crippen LogP contribution is -2.38. The first-order valence-electron chi connectivity index (χ1n) is 8.65. The van der Waals surface area contributed by atoms with Crippen molar-refractivity contribution in [3.05, 3.63) is 63.6 Å². The predicted octanol–water partition coefficient (Wildman–Crippen LogP) is 3.00.